The first-order valence-electron chi connectivity index (χ1n) is 7.27. The quantitative estimate of drug-likeness (QED) is 0.850. The van der Waals surface area contributed by atoms with Crippen LogP contribution in [0, 0.1) is 12.8 Å². The molecule has 1 saturated heterocycles. The van der Waals surface area contributed by atoms with E-state index in [-0.39, 0.29) is 5.91 Å². The fourth-order valence-electron chi connectivity index (χ4n) is 2.66. The van der Waals surface area contributed by atoms with Crippen molar-refractivity contribution in [3.63, 3.8) is 0 Å². The zero-order valence-corrected chi connectivity index (χ0v) is 11.7. The van der Waals surface area contributed by atoms with E-state index in [4.69, 9.17) is 0 Å². The van der Waals surface area contributed by atoms with Crippen LogP contribution in [0.2, 0.25) is 0 Å². The molecule has 3 heteroatoms. The summed E-state index contributed by atoms with van der Waals surface area (Å²) in [6, 6.07) is 8.14. The van der Waals surface area contributed by atoms with Crippen LogP contribution in [0.4, 0.5) is 0 Å². The van der Waals surface area contributed by atoms with Gasteiger partial charge in [0, 0.05) is 6.54 Å². The molecule has 1 fully saturated rings. The van der Waals surface area contributed by atoms with Gasteiger partial charge in [-0.25, -0.2) is 0 Å². The molecule has 1 aromatic carbocycles. The summed E-state index contributed by atoms with van der Waals surface area (Å²) >= 11 is 0. The van der Waals surface area contributed by atoms with Crippen molar-refractivity contribution in [2.45, 2.75) is 32.6 Å². The van der Waals surface area contributed by atoms with Gasteiger partial charge in [0.05, 0.1) is 6.42 Å². The molecule has 0 unspecified atom stereocenters. The molecular formula is C16H24N2O. The van der Waals surface area contributed by atoms with Crippen LogP contribution in [0.3, 0.4) is 0 Å². The monoisotopic (exact) mass is 260 g/mol. The van der Waals surface area contributed by atoms with Crippen LogP contribution in [-0.2, 0) is 11.2 Å². The Kier molecular flexibility index (Phi) is 5.40. The Hall–Kier alpha value is -1.35. The Labute approximate surface area is 115 Å². The van der Waals surface area contributed by atoms with E-state index in [0.717, 1.165) is 37.5 Å². The molecule has 1 amide bonds. The van der Waals surface area contributed by atoms with Crippen molar-refractivity contribution in [2.24, 2.45) is 5.92 Å². The van der Waals surface area contributed by atoms with Gasteiger partial charge in [0.2, 0.25) is 5.91 Å². The lowest BCUT2D eigenvalue weighted by atomic mass is 9.96. The second-order valence-electron chi connectivity index (χ2n) is 5.52. The van der Waals surface area contributed by atoms with Crippen LogP contribution in [0.15, 0.2) is 24.3 Å². The second kappa shape index (κ2) is 7.29. The van der Waals surface area contributed by atoms with Crippen LogP contribution in [0.5, 0.6) is 0 Å². The summed E-state index contributed by atoms with van der Waals surface area (Å²) in [7, 11) is 0. The minimum Gasteiger partial charge on any atom is -0.356 e. The van der Waals surface area contributed by atoms with Crippen LogP contribution in [0.25, 0.3) is 0 Å². The number of aryl methyl sites for hydroxylation is 1. The lowest BCUT2D eigenvalue weighted by Crippen LogP contribution is -2.33. The topological polar surface area (TPSA) is 41.1 Å². The van der Waals surface area contributed by atoms with Crippen molar-refractivity contribution in [3.8, 4) is 0 Å². The number of carbonyl (C=O) groups excluding carboxylic acids is 1. The van der Waals surface area contributed by atoms with E-state index in [9.17, 15) is 4.79 Å². The number of hydrogen-bond donors (Lipinski definition) is 2. The highest BCUT2D eigenvalue weighted by atomic mass is 16.1. The first kappa shape index (κ1) is 14.1. The van der Waals surface area contributed by atoms with E-state index < -0.39 is 0 Å². The average Bonchev–Trinajstić information content (AvgIpc) is 2.40. The fraction of sp³-hybridized carbons (Fsp3) is 0.562. The summed E-state index contributed by atoms with van der Waals surface area (Å²) in [6.45, 7) is 5.11. The molecule has 2 N–H and O–H groups in total. The summed E-state index contributed by atoms with van der Waals surface area (Å²) < 4.78 is 0. The maximum atomic E-state index is 11.8. The van der Waals surface area contributed by atoms with Crippen LogP contribution < -0.4 is 10.6 Å². The second-order valence-corrected chi connectivity index (χ2v) is 5.52. The molecule has 0 aliphatic carbocycles. The number of benzene rings is 1. The summed E-state index contributed by atoms with van der Waals surface area (Å²) in [5.41, 5.74) is 2.30. The number of hydrogen-bond acceptors (Lipinski definition) is 2. The highest BCUT2D eigenvalue weighted by molar-refractivity contribution is 5.78. The SMILES string of the molecule is Cc1cccc(CC(=O)NCC[C@@H]2CCCNC2)c1. The summed E-state index contributed by atoms with van der Waals surface area (Å²) in [6.07, 6.45) is 4.14. The van der Waals surface area contributed by atoms with E-state index in [1.165, 1.54) is 18.4 Å². The van der Waals surface area contributed by atoms with Crippen LogP contribution in [-0.4, -0.2) is 25.5 Å². The Morgan fingerprint density at radius 1 is 1.47 bits per heavy atom. The van der Waals surface area contributed by atoms with E-state index >= 15 is 0 Å². The number of carbonyl (C=O) groups is 1. The predicted molar refractivity (Wildman–Crippen MR) is 78.1 cm³/mol. The molecule has 3 nitrogen and oxygen atoms in total. The molecule has 0 aromatic heterocycles. The molecule has 2 rings (SSSR count). The van der Waals surface area contributed by atoms with Crippen molar-refractivity contribution in [3.05, 3.63) is 35.4 Å². The van der Waals surface area contributed by atoms with Gasteiger partial charge in [-0.05, 0) is 50.8 Å². The number of nitrogens with one attached hydrogen (secondary N) is 2. The van der Waals surface area contributed by atoms with E-state index in [0.29, 0.717) is 6.42 Å². The van der Waals surface area contributed by atoms with Gasteiger partial charge in [-0.3, -0.25) is 4.79 Å². The van der Waals surface area contributed by atoms with Gasteiger partial charge in [0.1, 0.15) is 0 Å². The summed E-state index contributed by atoms with van der Waals surface area (Å²) in [4.78, 5) is 11.8. The molecule has 19 heavy (non-hydrogen) atoms. The van der Waals surface area contributed by atoms with Crippen molar-refractivity contribution >= 4 is 5.91 Å². The largest absolute Gasteiger partial charge is 0.356 e. The van der Waals surface area contributed by atoms with Gasteiger partial charge in [0.25, 0.3) is 0 Å². The zero-order valence-electron chi connectivity index (χ0n) is 11.7. The zero-order chi connectivity index (χ0) is 13.5. The lowest BCUT2D eigenvalue weighted by molar-refractivity contribution is -0.120. The van der Waals surface area contributed by atoms with Gasteiger partial charge in [-0.1, -0.05) is 29.8 Å². The molecule has 104 valence electrons. The Morgan fingerprint density at radius 3 is 3.11 bits per heavy atom. The number of amides is 1. The first-order valence-corrected chi connectivity index (χ1v) is 7.27. The molecule has 1 aliphatic rings. The lowest BCUT2D eigenvalue weighted by Gasteiger charge is -2.22. The van der Waals surface area contributed by atoms with Crippen molar-refractivity contribution in [2.75, 3.05) is 19.6 Å². The molecule has 0 radical (unpaired) electrons. The first-order chi connectivity index (χ1) is 9.24. The standard InChI is InChI=1S/C16H24N2O/c1-13-4-2-5-15(10-13)11-16(19)18-9-7-14-6-3-8-17-12-14/h2,4-5,10,14,17H,3,6-9,11-12H2,1H3,(H,18,19)/t14-/m0/s1. The van der Waals surface area contributed by atoms with E-state index in [1.54, 1.807) is 0 Å². The normalized spacial score (nSPS) is 19.1. The summed E-state index contributed by atoms with van der Waals surface area (Å²) in [5.74, 6) is 0.863. The van der Waals surface area contributed by atoms with Gasteiger partial charge in [-0.15, -0.1) is 0 Å². The maximum absolute atomic E-state index is 11.8. The maximum Gasteiger partial charge on any atom is 0.224 e. The molecule has 0 spiro atoms. The van der Waals surface area contributed by atoms with E-state index in [1.807, 2.05) is 12.1 Å². The molecule has 1 heterocycles. The Morgan fingerprint density at radius 2 is 2.37 bits per heavy atom. The molecule has 0 saturated carbocycles. The number of piperidine rings is 1. The molecular weight excluding hydrogens is 236 g/mol. The molecule has 1 atom stereocenters. The van der Waals surface area contributed by atoms with Crippen molar-refractivity contribution in [1.82, 2.24) is 10.6 Å². The summed E-state index contributed by atoms with van der Waals surface area (Å²) in [5, 5.41) is 6.44. The van der Waals surface area contributed by atoms with Crippen molar-refractivity contribution in [1.29, 1.82) is 0 Å². The third-order valence-corrected chi connectivity index (χ3v) is 3.72. The van der Waals surface area contributed by atoms with Gasteiger partial charge in [0.15, 0.2) is 0 Å². The van der Waals surface area contributed by atoms with Gasteiger partial charge in [-0.2, -0.15) is 0 Å². The van der Waals surface area contributed by atoms with Crippen molar-refractivity contribution < 1.29 is 4.79 Å². The van der Waals surface area contributed by atoms with Gasteiger partial charge < -0.3 is 10.6 Å². The third kappa shape index (κ3) is 5.03. The van der Waals surface area contributed by atoms with Crippen LogP contribution >= 0.6 is 0 Å². The number of rotatable bonds is 5. The predicted octanol–water partition coefficient (Wildman–Crippen LogP) is 2.04. The highest BCUT2D eigenvalue weighted by Gasteiger charge is 2.12. The Bertz CT molecular complexity index is 411. The third-order valence-electron chi connectivity index (χ3n) is 3.72. The minimum atomic E-state index is 0.134. The molecule has 1 aromatic rings. The highest BCUT2D eigenvalue weighted by Crippen LogP contribution is 2.12. The fourth-order valence-corrected chi connectivity index (χ4v) is 2.66. The van der Waals surface area contributed by atoms with Gasteiger partial charge >= 0.3 is 0 Å². The minimum absolute atomic E-state index is 0.134. The van der Waals surface area contributed by atoms with E-state index in [2.05, 4.69) is 29.7 Å². The molecule has 1 aliphatic heterocycles. The Balaban J connectivity index is 1.67. The average molecular weight is 260 g/mol. The smallest absolute Gasteiger partial charge is 0.224 e. The van der Waals surface area contributed by atoms with Crippen LogP contribution in [0.1, 0.15) is 30.4 Å². The molecule has 0 bridgehead atoms.